The third-order valence-corrected chi connectivity index (χ3v) is 7.91. The predicted octanol–water partition coefficient (Wildman–Crippen LogP) is 4.52. The van der Waals surface area contributed by atoms with Crippen molar-refractivity contribution in [1.82, 2.24) is 4.90 Å². The lowest BCUT2D eigenvalue weighted by molar-refractivity contribution is 0.0746. The van der Waals surface area contributed by atoms with Gasteiger partial charge in [-0.3, -0.25) is 9.10 Å². The number of para-hydroxylation sites is 1. The van der Waals surface area contributed by atoms with E-state index in [2.05, 4.69) is 4.90 Å². The van der Waals surface area contributed by atoms with Gasteiger partial charge >= 0.3 is 0 Å². The van der Waals surface area contributed by atoms with Gasteiger partial charge < -0.3 is 9.80 Å². The van der Waals surface area contributed by atoms with E-state index in [0.717, 1.165) is 5.69 Å². The average molecular weight is 484 g/mol. The second-order valence-electron chi connectivity index (χ2n) is 7.79. The molecule has 1 aliphatic rings. The van der Waals surface area contributed by atoms with Crippen LogP contribution in [0.15, 0.2) is 83.8 Å². The largest absolute Gasteiger partial charge is 0.368 e. The quantitative estimate of drug-likeness (QED) is 0.517. The van der Waals surface area contributed by atoms with Crippen molar-refractivity contribution in [1.29, 1.82) is 0 Å². The molecule has 172 valence electrons. The minimum Gasteiger partial charge on any atom is -0.368 e. The molecule has 1 amide bonds. The number of piperazine rings is 1. The Hall–Kier alpha value is -3.03. The maximum Gasteiger partial charge on any atom is 0.264 e. The van der Waals surface area contributed by atoms with Crippen molar-refractivity contribution in [2.45, 2.75) is 11.8 Å². The SMILES string of the molecule is CCN(c1ccccc1)S(=O)(=O)c1cccc(C(=O)N2CCN(c3ccc(Cl)cc3)CC2)c1. The van der Waals surface area contributed by atoms with E-state index in [1.807, 2.05) is 30.3 Å². The molecule has 0 unspecified atom stereocenters. The van der Waals surface area contributed by atoms with Crippen LogP contribution in [0.3, 0.4) is 0 Å². The van der Waals surface area contributed by atoms with Crippen LogP contribution < -0.4 is 9.21 Å². The van der Waals surface area contributed by atoms with Crippen LogP contribution >= 0.6 is 11.6 Å². The summed E-state index contributed by atoms with van der Waals surface area (Å²) in [5, 5.41) is 0.691. The molecule has 1 heterocycles. The highest BCUT2D eigenvalue weighted by Crippen LogP contribution is 2.25. The van der Waals surface area contributed by atoms with Crippen molar-refractivity contribution in [3.8, 4) is 0 Å². The van der Waals surface area contributed by atoms with E-state index >= 15 is 0 Å². The summed E-state index contributed by atoms with van der Waals surface area (Å²) in [7, 11) is -3.80. The van der Waals surface area contributed by atoms with E-state index in [1.54, 1.807) is 48.2 Å². The Balaban J connectivity index is 1.49. The van der Waals surface area contributed by atoms with Gasteiger partial charge in [-0.2, -0.15) is 0 Å². The fourth-order valence-electron chi connectivity index (χ4n) is 4.00. The number of rotatable bonds is 6. The highest BCUT2D eigenvalue weighted by Gasteiger charge is 2.26. The molecule has 0 N–H and O–H groups in total. The summed E-state index contributed by atoms with van der Waals surface area (Å²) < 4.78 is 28.0. The molecule has 0 saturated carbocycles. The van der Waals surface area contributed by atoms with Crippen LogP contribution in [0, 0.1) is 0 Å². The molecule has 0 atom stereocenters. The Morgan fingerprint density at radius 1 is 0.909 bits per heavy atom. The summed E-state index contributed by atoms with van der Waals surface area (Å²) in [6.07, 6.45) is 0. The molecule has 3 aromatic carbocycles. The minimum atomic E-state index is -3.80. The van der Waals surface area contributed by atoms with Crippen LogP contribution in [0.2, 0.25) is 5.02 Å². The minimum absolute atomic E-state index is 0.110. The van der Waals surface area contributed by atoms with Crippen LogP contribution in [0.25, 0.3) is 0 Å². The number of hydrogen-bond acceptors (Lipinski definition) is 4. The molecule has 8 heteroatoms. The van der Waals surface area contributed by atoms with Gasteiger partial charge in [0.05, 0.1) is 10.6 Å². The van der Waals surface area contributed by atoms with Crippen molar-refractivity contribution in [2.24, 2.45) is 0 Å². The van der Waals surface area contributed by atoms with Crippen LogP contribution in [0.4, 0.5) is 11.4 Å². The number of carbonyl (C=O) groups excluding carboxylic acids is 1. The summed E-state index contributed by atoms with van der Waals surface area (Å²) >= 11 is 5.97. The molecular weight excluding hydrogens is 458 g/mol. The molecule has 0 spiro atoms. The fraction of sp³-hybridized carbons (Fsp3) is 0.240. The lowest BCUT2D eigenvalue weighted by Crippen LogP contribution is -2.48. The second kappa shape index (κ2) is 9.85. The standard InChI is InChI=1S/C25H26ClN3O3S/c1-2-29(23-8-4-3-5-9-23)33(31,32)24-10-6-7-20(19-24)25(30)28-17-15-27(16-18-28)22-13-11-21(26)12-14-22/h3-14,19H,2,15-18H2,1H3. The summed E-state index contributed by atoms with van der Waals surface area (Å²) in [6.45, 7) is 4.59. The number of benzene rings is 3. The van der Waals surface area contributed by atoms with Crippen molar-refractivity contribution < 1.29 is 13.2 Å². The van der Waals surface area contributed by atoms with Gasteiger partial charge in [0.25, 0.3) is 15.9 Å². The zero-order valence-electron chi connectivity index (χ0n) is 18.4. The summed E-state index contributed by atoms with van der Waals surface area (Å²) in [4.78, 5) is 17.2. The molecule has 0 radical (unpaired) electrons. The lowest BCUT2D eigenvalue weighted by atomic mass is 10.1. The molecule has 4 rings (SSSR count). The summed E-state index contributed by atoms with van der Waals surface area (Å²) in [5.41, 5.74) is 2.04. The van der Waals surface area contributed by atoms with E-state index in [1.165, 1.54) is 16.4 Å². The maximum atomic E-state index is 13.3. The summed E-state index contributed by atoms with van der Waals surface area (Å²) in [6, 6.07) is 22.9. The smallest absolute Gasteiger partial charge is 0.264 e. The zero-order valence-corrected chi connectivity index (χ0v) is 20.0. The molecule has 0 aromatic heterocycles. The molecule has 33 heavy (non-hydrogen) atoms. The number of nitrogens with zero attached hydrogens (tertiary/aromatic N) is 3. The first-order valence-electron chi connectivity index (χ1n) is 10.9. The Labute approximate surface area is 200 Å². The van der Waals surface area contributed by atoms with Gasteiger partial charge in [0, 0.05) is 49.0 Å². The van der Waals surface area contributed by atoms with Gasteiger partial charge in [0.15, 0.2) is 0 Å². The van der Waals surface area contributed by atoms with Gasteiger partial charge in [-0.1, -0.05) is 35.9 Å². The maximum absolute atomic E-state index is 13.3. The van der Waals surface area contributed by atoms with Gasteiger partial charge in [-0.25, -0.2) is 8.42 Å². The van der Waals surface area contributed by atoms with Crippen molar-refractivity contribution >= 4 is 38.9 Å². The molecule has 1 saturated heterocycles. The normalized spacial score (nSPS) is 14.2. The van der Waals surface area contributed by atoms with Crippen LogP contribution in [0.5, 0.6) is 0 Å². The number of carbonyl (C=O) groups is 1. The fourth-order valence-corrected chi connectivity index (χ4v) is 5.65. The monoisotopic (exact) mass is 483 g/mol. The van der Waals surface area contributed by atoms with Crippen molar-refractivity contribution in [3.63, 3.8) is 0 Å². The second-order valence-corrected chi connectivity index (χ2v) is 10.1. The van der Waals surface area contributed by atoms with Gasteiger partial charge in [0.2, 0.25) is 0 Å². The zero-order chi connectivity index (χ0) is 23.4. The summed E-state index contributed by atoms with van der Waals surface area (Å²) in [5.74, 6) is -0.162. The van der Waals surface area contributed by atoms with Crippen molar-refractivity contribution in [2.75, 3.05) is 41.9 Å². The number of hydrogen-bond donors (Lipinski definition) is 0. The van der Waals surface area contributed by atoms with Crippen molar-refractivity contribution in [3.05, 3.63) is 89.4 Å². The van der Waals surface area contributed by atoms with Crippen LogP contribution in [-0.2, 0) is 10.0 Å². The molecule has 6 nitrogen and oxygen atoms in total. The topological polar surface area (TPSA) is 60.9 Å². The first kappa shape index (κ1) is 23.1. The number of sulfonamides is 1. The van der Waals surface area contributed by atoms with Crippen LogP contribution in [-0.4, -0.2) is 51.9 Å². The Morgan fingerprint density at radius 2 is 1.58 bits per heavy atom. The first-order chi connectivity index (χ1) is 15.9. The first-order valence-corrected chi connectivity index (χ1v) is 12.7. The van der Waals surface area contributed by atoms with E-state index in [0.29, 0.717) is 42.5 Å². The third-order valence-electron chi connectivity index (χ3n) is 5.76. The van der Waals surface area contributed by atoms with E-state index in [4.69, 9.17) is 11.6 Å². The molecule has 1 aliphatic heterocycles. The Bertz CT molecular complexity index is 1210. The Kier molecular flexibility index (Phi) is 6.91. The van der Waals surface area contributed by atoms with Gasteiger partial charge in [-0.05, 0) is 61.5 Å². The predicted molar refractivity (Wildman–Crippen MR) is 133 cm³/mol. The van der Waals surface area contributed by atoms with E-state index < -0.39 is 10.0 Å². The van der Waals surface area contributed by atoms with E-state index in [-0.39, 0.29) is 17.3 Å². The molecule has 0 aliphatic carbocycles. The average Bonchev–Trinajstić information content (AvgIpc) is 2.85. The van der Waals surface area contributed by atoms with Crippen LogP contribution in [0.1, 0.15) is 17.3 Å². The molecule has 0 bridgehead atoms. The highest BCUT2D eigenvalue weighted by atomic mass is 35.5. The van der Waals surface area contributed by atoms with E-state index in [9.17, 15) is 13.2 Å². The number of halogens is 1. The third kappa shape index (κ3) is 4.99. The van der Waals surface area contributed by atoms with Gasteiger partial charge in [0.1, 0.15) is 0 Å². The molecule has 1 fully saturated rings. The van der Waals surface area contributed by atoms with Gasteiger partial charge in [-0.15, -0.1) is 0 Å². The Morgan fingerprint density at radius 3 is 2.21 bits per heavy atom. The molecule has 3 aromatic rings. The number of anilines is 2. The molecular formula is C25H26ClN3O3S. The lowest BCUT2D eigenvalue weighted by Gasteiger charge is -2.36. The highest BCUT2D eigenvalue weighted by molar-refractivity contribution is 7.92. The number of amides is 1.